The van der Waals surface area contributed by atoms with Crippen molar-refractivity contribution in [1.82, 2.24) is 0 Å². The maximum atomic E-state index is 6.08. The summed E-state index contributed by atoms with van der Waals surface area (Å²) in [5.74, 6) is 0.799. The molecule has 0 aliphatic heterocycles. The molecular formula is C14H23ClO. The minimum Gasteiger partial charge on any atom is -0.492 e. The normalized spacial score (nSPS) is 9.31. The van der Waals surface area contributed by atoms with Crippen molar-refractivity contribution in [2.24, 2.45) is 0 Å². The third-order valence-corrected chi connectivity index (χ3v) is 2.29. The molecule has 1 aromatic carbocycles. The first-order valence-corrected chi connectivity index (χ1v) is 6.57. The lowest BCUT2D eigenvalue weighted by Crippen LogP contribution is -1.96. The molecule has 0 N–H and O–H groups in total. The van der Waals surface area contributed by atoms with E-state index in [0.717, 1.165) is 36.6 Å². The molecule has 0 unspecified atom stereocenters. The first-order valence-electron chi connectivity index (χ1n) is 6.19. The van der Waals surface area contributed by atoms with Crippen LogP contribution in [-0.4, -0.2) is 6.61 Å². The van der Waals surface area contributed by atoms with Crippen molar-refractivity contribution in [3.8, 4) is 5.75 Å². The van der Waals surface area contributed by atoms with Gasteiger partial charge in [0.15, 0.2) is 0 Å². The Morgan fingerprint density at radius 1 is 1.12 bits per heavy atom. The summed E-state index contributed by atoms with van der Waals surface area (Å²) in [5.41, 5.74) is 1.28. The van der Waals surface area contributed by atoms with E-state index in [4.69, 9.17) is 16.3 Å². The van der Waals surface area contributed by atoms with Crippen LogP contribution >= 0.6 is 11.6 Å². The zero-order valence-electron chi connectivity index (χ0n) is 10.8. The highest BCUT2D eigenvalue weighted by Gasteiger charge is 2.01. The van der Waals surface area contributed by atoms with Gasteiger partial charge in [0.1, 0.15) is 5.75 Å². The standard InChI is InChI=1S/C12H17ClO.C2H6/c1-3-5-10-6-7-12(11(13)9-10)14-8-4-2;1-2/h6-7,9H,3-5,8H2,1-2H3;1-2H3. The van der Waals surface area contributed by atoms with E-state index in [1.807, 2.05) is 26.0 Å². The number of halogens is 1. The first kappa shape index (κ1) is 15.3. The van der Waals surface area contributed by atoms with Crippen molar-refractivity contribution in [3.63, 3.8) is 0 Å². The van der Waals surface area contributed by atoms with Gasteiger partial charge in [0.2, 0.25) is 0 Å². The summed E-state index contributed by atoms with van der Waals surface area (Å²) in [6.45, 7) is 8.97. The lowest BCUT2D eigenvalue weighted by atomic mass is 10.1. The van der Waals surface area contributed by atoms with Gasteiger partial charge in [-0.15, -0.1) is 0 Å². The Balaban J connectivity index is 0.00000106. The predicted molar refractivity (Wildman–Crippen MR) is 72.6 cm³/mol. The quantitative estimate of drug-likeness (QED) is 0.697. The Hall–Kier alpha value is -0.690. The highest BCUT2D eigenvalue weighted by molar-refractivity contribution is 6.32. The molecule has 0 amide bonds. The zero-order valence-corrected chi connectivity index (χ0v) is 11.6. The number of hydrogen-bond acceptors (Lipinski definition) is 1. The van der Waals surface area contributed by atoms with Crippen LogP contribution in [0.5, 0.6) is 5.75 Å². The summed E-state index contributed by atoms with van der Waals surface area (Å²) in [6, 6.07) is 6.04. The molecule has 0 radical (unpaired) electrons. The summed E-state index contributed by atoms with van der Waals surface area (Å²) >= 11 is 6.08. The number of hydrogen-bond donors (Lipinski definition) is 0. The van der Waals surface area contributed by atoms with E-state index in [-0.39, 0.29) is 0 Å². The van der Waals surface area contributed by atoms with E-state index in [2.05, 4.69) is 19.9 Å². The summed E-state index contributed by atoms with van der Waals surface area (Å²) < 4.78 is 5.49. The second-order valence-electron chi connectivity index (χ2n) is 3.36. The lowest BCUT2D eigenvalue weighted by Gasteiger charge is -2.07. The summed E-state index contributed by atoms with van der Waals surface area (Å²) in [4.78, 5) is 0. The highest BCUT2D eigenvalue weighted by Crippen LogP contribution is 2.25. The molecule has 1 nitrogen and oxygen atoms in total. The maximum absolute atomic E-state index is 6.08. The Labute approximate surface area is 105 Å². The summed E-state index contributed by atoms with van der Waals surface area (Å²) in [7, 11) is 0. The van der Waals surface area contributed by atoms with Crippen LogP contribution in [0.15, 0.2) is 18.2 Å². The molecule has 0 bridgehead atoms. The second kappa shape index (κ2) is 9.53. The second-order valence-corrected chi connectivity index (χ2v) is 3.77. The van der Waals surface area contributed by atoms with Gasteiger partial charge < -0.3 is 4.74 Å². The van der Waals surface area contributed by atoms with Gasteiger partial charge in [-0.2, -0.15) is 0 Å². The average molecular weight is 243 g/mol. The summed E-state index contributed by atoms with van der Waals surface area (Å²) in [5, 5.41) is 0.726. The van der Waals surface area contributed by atoms with Crippen molar-refractivity contribution < 1.29 is 4.74 Å². The van der Waals surface area contributed by atoms with Crippen LogP contribution in [-0.2, 0) is 6.42 Å². The Bertz CT molecular complexity index is 284. The van der Waals surface area contributed by atoms with Crippen molar-refractivity contribution in [2.75, 3.05) is 6.61 Å². The minimum absolute atomic E-state index is 0.726. The van der Waals surface area contributed by atoms with Gasteiger partial charge in [-0.3, -0.25) is 0 Å². The molecule has 0 fully saturated rings. The molecule has 1 rings (SSSR count). The molecule has 0 aliphatic carbocycles. The first-order chi connectivity index (χ1) is 7.77. The number of ether oxygens (including phenoxy) is 1. The van der Waals surface area contributed by atoms with Gasteiger partial charge in [0.05, 0.1) is 11.6 Å². The lowest BCUT2D eigenvalue weighted by molar-refractivity contribution is 0.317. The van der Waals surface area contributed by atoms with Crippen molar-refractivity contribution in [2.45, 2.75) is 47.0 Å². The predicted octanol–water partition coefficient (Wildman–Crippen LogP) is 5.11. The Morgan fingerprint density at radius 2 is 1.81 bits per heavy atom. The van der Waals surface area contributed by atoms with E-state index in [1.54, 1.807) is 0 Å². The van der Waals surface area contributed by atoms with E-state index >= 15 is 0 Å². The number of benzene rings is 1. The fourth-order valence-corrected chi connectivity index (χ4v) is 1.58. The molecule has 92 valence electrons. The molecule has 16 heavy (non-hydrogen) atoms. The van der Waals surface area contributed by atoms with Gasteiger partial charge in [0.25, 0.3) is 0 Å². The van der Waals surface area contributed by atoms with Crippen LogP contribution in [0.3, 0.4) is 0 Å². The zero-order chi connectivity index (χ0) is 12.4. The highest BCUT2D eigenvalue weighted by atomic mass is 35.5. The van der Waals surface area contributed by atoms with Crippen molar-refractivity contribution in [3.05, 3.63) is 28.8 Å². The molecule has 0 saturated heterocycles. The molecule has 0 spiro atoms. The number of rotatable bonds is 5. The van der Waals surface area contributed by atoms with E-state index in [1.165, 1.54) is 5.56 Å². The smallest absolute Gasteiger partial charge is 0.137 e. The third-order valence-electron chi connectivity index (χ3n) is 2.00. The van der Waals surface area contributed by atoms with Gasteiger partial charge in [0, 0.05) is 0 Å². The van der Waals surface area contributed by atoms with Crippen LogP contribution in [0.2, 0.25) is 5.02 Å². The molecule has 0 atom stereocenters. The molecule has 1 aromatic rings. The van der Waals surface area contributed by atoms with Crippen LogP contribution in [0, 0.1) is 0 Å². The fourth-order valence-electron chi connectivity index (χ4n) is 1.32. The van der Waals surface area contributed by atoms with Crippen molar-refractivity contribution >= 4 is 11.6 Å². The van der Waals surface area contributed by atoms with Gasteiger partial charge in [-0.1, -0.05) is 51.8 Å². The third kappa shape index (κ3) is 5.41. The Morgan fingerprint density at radius 3 is 2.31 bits per heavy atom. The van der Waals surface area contributed by atoms with Crippen LogP contribution in [0.4, 0.5) is 0 Å². The SMILES string of the molecule is CC.CCCOc1ccc(CCC)cc1Cl. The monoisotopic (exact) mass is 242 g/mol. The molecule has 0 saturated carbocycles. The van der Waals surface area contributed by atoms with E-state index in [0.29, 0.717) is 0 Å². The van der Waals surface area contributed by atoms with Gasteiger partial charge in [-0.25, -0.2) is 0 Å². The molecular weight excluding hydrogens is 220 g/mol. The maximum Gasteiger partial charge on any atom is 0.137 e. The van der Waals surface area contributed by atoms with Crippen LogP contribution in [0.25, 0.3) is 0 Å². The molecule has 2 heteroatoms. The van der Waals surface area contributed by atoms with Gasteiger partial charge in [-0.05, 0) is 30.5 Å². The van der Waals surface area contributed by atoms with Crippen LogP contribution < -0.4 is 4.74 Å². The fraction of sp³-hybridized carbons (Fsp3) is 0.571. The number of aryl methyl sites for hydroxylation is 1. The van der Waals surface area contributed by atoms with E-state index in [9.17, 15) is 0 Å². The van der Waals surface area contributed by atoms with Crippen molar-refractivity contribution in [1.29, 1.82) is 0 Å². The minimum atomic E-state index is 0.726. The van der Waals surface area contributed by atoms with E-state index < -0.39 is 0 Å². The summed E-state index contributed by atoms with van der Waals surface area (Å²) in [6.07, 6.45) is 3.23. The molecule has 0 heterocycles. The van der Waals surface area contributed by atoms with Crippen LogP contribution in [0.1, 0.15) is 46.1 Å². The largest absolute Gasteiger partial charge is 0.492 e. The van der Waals surface area contributed by atoms with Gasteiger partial charge >= 0.3 is 0 Å². The molecule has 0 aliphatic rings. The average Bonchev–Trinajstić information content (AvgIpc) is 2.31. The molecule has 0 aromatic heterocycles. The topological polar surface area (TPSA) is 9.23 Å². The Kier molecular flexibility index (Phi) is 9.12.